The lowest BCUT2D eigenvalue weighted by molar-refractivity contribution is -0.114. The molecule has 2 aromatic rings. The van der Waals surface area contributed by atoms with Crippen LogP contribution in [0.15, 0.2) is 42.5 Å². The molecule has 31 heavy (non-hydrogen) atoms. The average molecular weight is 441 g/mol. The Labute approximate surface area is 189 Å². The zero-order valence-corrected chi connectivity index (χ0v) is 19.4. The standard InChI is InChI=1S/C24H32N4O2S/c1-4-27-10-12-28(13-11-27)22-9-8-21(15-19(22)3)26-24(30)17-31-16-23(29)25-20-7-5-6-18(2)14-20/h5-9,14-15H,4,10-13,16-17H2,1-3H3,(H,25,29)(H,26,30). The Kier molecular flexibility index (Phi) is 8.37. The van der Waals surface area contributed by atoms with Crippen LogP contribution in [0.3, 0.4) is 0 Å². The predicted molar refractivity (Wildman–Crippen MR) is 131 cm³/mol. The van der Waals surface area contributed by atoms with Crippen LogP contribution < -0.4 is 15.5 Å². The third-order valence-corrected chi connectivity index (χ3v) is 6.34. The molecule has 0 saturated carbocycles. The van der Waals surface area contributed by atoms with Gasteiger partial charge in [0.15, 0.2) is 0 Å². The van der Waals surface area contributed by atoms with Gasteiger partial charge in [0.25, 0.3) is 0 Å². The lowest BCUT2D eigenvalue weighted by Gasteiger charge is -2.36. The third-order valence-electron chi connectivity index (χ3n) is 5.41. The van der Waals surface area contributed by atoms with Gasteiger partial charge in [-0.05, 0) is 61.9 Å². The number of likely N-dealkylation sites (N-methyl/N-ethyl adjacent to an activating group) is 1. The number of benzene rings is 2. The van der Waals surface area contributed by atoms with Gasteiger partial charge >= 0.3 is 0 Å². The zero-order valence-electron chi connectivity index (χ0n) is 18.6. The SMILES string of the molecule is CCN1CCN(c2ccc(NC(=O)CSCC(=O)Nc3cccc(C)c3)cc2C)CC1. The van der Waals surface area contributed by atoms with Crippen molar-refractivity contribution in [2.24, 2.45) is 0 Å². The molecule has 1 heterocycles. The van der Waals surface area contributed by atoms with Crippen molar-refractivity contribution >= 4 is 40.6 Å². The Bertz CT molecular complexity index is 910. The summed E-state index contributed by atoms with van der Waals surface area (Å²) in [5.74, 6) is 0.271. The van der Waals surface area contributed by atoms with E-state index in [0.29, 0.717) is 0 Å². The molecule has 0 atom stereocenters. The number of thioether (sulfide) groups is 1. The number of nitrogens with one attached hydrogen (secondary N) is 2. The highest BCUT2D eigenvalue weighted by Gasteiger charge is 2.17. The number of amides is 2. The van der Waals surface area contributed by atoms with Crippen LogP contribution in [0.1, 0.15) is 18.1 Å². The van der Waals surface area contributed by atoms with Gasteiger partial charge in [-0.2, -0.15) is 0 Å². The van der Waals surface area contributed by atoms with Crippen LogP contribution >= 0.6 is 11.8 Å². The van der Waals surface area contributed by atoms with E-state index >= 15 is 0 Å². The molecule has 0 unspecified atom stereocenters. The summed E-state index contributed by atoms with van der Waals surface area (Å²) in [6.45, 7) is 11.6. The first-order valence-electron chi connectivity index (χ1n) is 10.8. The van der Waals surface area contributed by atoms with Gasteiger partial charge in [-0.3, -0.25) is 9.59 Å². The topological polar surface area (TPSA) is 64.7 Å². The van der Waals surface area contributed by atoms with Gasteiger partial charge in [0.2, 0.25) is 11.8 Å². The Morgan fingerprint density at radius 2 is 1.55 bits per heavy atom. The molecule has 1 aliphatic heterocycles. The van der Waals surface area contributed by atoms with E-state index in [2.05, 4.69) is 40.3 Å². The summed E-state index contributed by atoms with van der Waals surface area (Å²) in [5.41, 5.74) is 5.06. The van der Waals surface area contributed by atoms with Crippen molar-refractivity contribution in [3.63, 3.8) is 0 Å². The smallest absolute Gasteiger partial charge is 0.234 e. The minimum atomic E-state index is -0.105. The van der Waals surface area contributed by atoms with Crippen LogP contribution in [-0.4, -0.2) is 60.9 Å². The minimum absolute atomic E-state index is 0.0999. The fourth-order valence-corrected chi connectivity index (χ4v) is 4.36. The fraction of sp³-hybridized carbons (Fsp3) is 0.417. The van der Waals surface area contributed by atoms with Crippen molar-refractivity contribution in [1.82, 2.24) is 4.90 Å². The van der Waals surface area contributed by atoms with Crippen molar-refractivity contribution in [2.75, 3.05) is 59.8 Å². The number of piperazine rings is 1. The summed E-state index contributed by atoms with van der Waals surface area (Å²) in [6, 6.07) is 13.7. The summed E-state index contributed by atoms with van der Waals surface area (Å²) in [5, 5.41) is 5.80. The van der Waals surface area contributed by atoms with Gasteiger partial charge in [-0.25, -0.2) is 0 Å². The molecule has 0 spiro atoms. The fourth-order valence-electron chi connectivity index (χ4n) is 3.75. The number of hydrogen-bond donors (Lipinski definition) is 2. The maximum Gasteiger partial charge on any atom is 0.234 e. The van der Waals surface area contributed by atoms with Crippen LogP contribution in [0.25, 0.3) is 0 Å². The van der Waals surface area contributed by atoms with Crippen LogP contribution in [0.2, 0.25) is 0 Å². The monoisotopic (exact) mass is 440 g/mol. The number of rotatable bonds is 8. The number of aryl methyl sites for hydroxylation is 2. The maximum atomic E-state index is 12.3. The quantitative estimate of drug-likeness (QED) is 0.654. The molecule has 0 aliphatic carbocycles. The van der Waals surface area contributed by atoms with Crippen LogP contribution in [0.5, 0.6) is 0 Å². The molecular formula is C24H32N4O2S. The van der Waals surface area contributed by atoms with Gasteiger partial charge in [0.05, 0.1) is 11.5 Å². The van der Waals surface area contributed by atoms with E-state index in [9.17, 15) is 9.59 Å². The average Bonchev–Trinajstić information content (AvgIpc) is 2.74. The summed E-state index contributed by atoms with van der Waals surface area (Å²) >= 11 is 1.31. The second kappa shape index (κ2) is 11.2. The molecule has 1 aliphatic rings. The molecule has 7 heteroatoms. The van der Waals surface area contributed by atoms with E-state index < -0.39 is 0 Å². The lowest BCUT2D eigenvalue weighted by atomic mass is 10.1. The molecule has 166 valence electrons. The molecule has 2 N–H and O–H groups in total. The van der Waals surface area contributed by atoms with Crippen LogP contribution in [-0.2, 0) is 9.59 Å². The molecule has 2 amide bonds. The lowest BCUT2D eigenvalue weighted by Crippen LogP contribution is -2.46. The molecule has 0 radical (unpaired) electrons. The van der Waals surface area contributed by atoms with E-state index in [-0.39, 0.29) is 23.3 Å². The summed E-state index contributed by atoms with van der Waals surface area (Å²) in [6.07, 6.45) is 0. The van der Waals surface area contributed by atoms with Crippen molar-refractivity contribution in [2.45, 2.75) is 20.8 Å². The molecule has 2 aromatic carbocycles. The highest BCUT2D eigenvalue weighted by molar-refractivity contribution is 8.00. The summed E-state index contributed by atoms with van der Waals surface area (Å²) in [4.78, 5) is 29.2. The second-order valence-corrected chi connectivity index (χ2v) is 8.87. The zero-order chi connectivity index (χ0) is 22.2. The number of nitrogens with zero attached hydrogens (tertiary/aromatic N) is 2. The maximum absolute atomic E-state index is 12.3. The Morgan fingerprint density at radius 3 is 2.13 bits per heavy atom. The molecule has 6 nitrogen and oxygen atoms in total. The first-order chi connectivity index (χ1) is 14.9. The van der Waals surface area contributed by atoms with Crippen LogP contribution in [0, 0.1) is 13.8 Å². The number of carbonyl (C=O) groups is 2. The van der Waals surface area contributed by atoms with Crippen LogP contribution in [0.4, 0.5) is 17.1 Å². The Hall–Kier alpha value is -2.51. The van der Waals surface area contributed by atoms with E-state index in [1.54, 1.807) is 0 Å². The minimum Gasteiger partial charge on any atom is -0.369 e. The Balaban J connectivity index is 1.43. The van der Waals surface area contributed by atoms with Gasteiger partial charge in [-0.1, -0.05) is 19.1 Å². The number of carbonyl (C=O) groups excluding carboxylic acids is 2. The summed E-state index contributed by atoms with van der Waals surface area (Å²) in [7, 11) is 0. The molecule has 3 rings (SSSR count). The van der Waals surface area contributed by atoms with Gasteiger partial charge < -0.3 is 20.4 Å². The van der Waals surface area contributed by atoms with Crippen molar-refractivity contribution < 1.29 is 9.59 Å². The first kappa shape index (κ1) is 23.2. The number of anilines is 3. The molecular weight excluding hydrogens is 408 g/mol. The molecule has 1 fully saturated rings. The first-order valence-corrected chi connectivity index (χ1v) is 11.9. The summed E-state index contributed by atoms with van der Waals surface area (Å²) < 4.78 is 0. The van der Waals surface area contributed by atoms with Gasteiger partial charge in [0, 0.05) is 43.2 Å². The highest BCUT2D eigenvalue weighted by atomic mass is 32.2. The van der Waals surface area contributed by atoms with E-state index in [4.69, 9.17) is 0 Å². The van der Waals surface area contributed by atoms with Crippen molar-refractivity contribution in [3.05, 3.63) is 53.6 Å². The normalized spacial score (nSPS) is 14.4. The third kappa shape index (κ3) is 7.01. The molecule has 0 aromatic heterocycles. The molecule has 1 saturated heterocycles. The predicted octanol–water partition coefficient (Wildman–Crippen LogP) is 3.76. The van der Waals surface area contributed by atoms with Crippen molar-refractivity contribution in [3.8, 4) is 0 Å². The van der Waals surface area contributed by atoms with Gasteiger partial charge in [-0.15, -0.1) is 11.8 Å². The van der Waals surface area contributed by atoms with E-state index in [1.807, 2.05) is 43.3 Å². The van der Waals surface area contributed by atoms with E-state index in [0.717, 1.165) is 55.2 Å². The van der Waals surface area contributed by atoms with E-state index in [1.165, 1.54) is 17.4 Å². The Morgan fingerprint density at radius 1 is 0.903 bits per heavy atom. The highest BCUT2D eigenvalue weighted by Crippen LogP contribution is 2.25. The van der Waals surface area contributed by atoms with Crippen molar-refractivity contribution in [1.29, 1.82) is 0 Å². The van der Waals surface area contributed by atoms with Gasteiger partial charge in [0.1, 0.15) is 0 Å². The second-order valence-electron chi connectivity index (χ2n) is 7.88. The number of hydrogen-bond acceptors (Lipinski definition) is 5. The molecule has 0 bridgehead atoms. The largest absolute Gasteiger partial charge is 0.369 e.